The number of rotatable bonds is 5. The summed E-state index contributed by atoms with van der Waals surface area (Å²) in [6, 6.07) is 17.7. The van der Waals surface area contributed by atoms with E-state index in [0.717, 1.165) is 0 Å². The maximum absolute atomic E-state index is 13.4. The van der Waals surface area contributed by atoms with Crippen LogP contribution in [0.15, 0.2) is 60.7 Å². The van der Waals surface area contributed by atoms with Gasteiger partial charge in [-0.2, -0.15) is 5.26 Å². The molecule has 7 heteroatoms. The zero-order valence-electron chi connectivity index (χ0n) is 14.7. The first-order valence-electron chi connectivity index (χ1n) is 8.12. The lowest BCUT2D eigenvalue weighted by Gasteiger charge is -2.11. The quantitative estimate of drug-likeness (QED) is 0.492. The molecular formula is C21H14FIN2O3. The molecule has 28 heavy (non-hydrogen) atoms. The van der Waals surface area contributed by atoms with Crippen LogP contribution >= 0.6 is 22.6 Å². The van der Waals surface area contributed by atoms with Crippen LogP contribution in [0.3, 0.4) is 0 Å². The molecule has 0 aliphatic heterocycles. The lowest BCUT2D eigenvalue weighted by molar-refractivity contribution is 0.102. The molecule has 0 heterocycles. The molecule has 0 bridgehead atoms. The highest BCUT2D eigenvalue weighted by Gasteiger charge is 2.12. The van der Waals surface area contributed by atoms with Crippen molar-refractivity contribution < 1.29 is 18.7 Å². The fourth-order valence-corrected chi connectivity index (χ4v) is 3.01. The Morgan fingerprint density at radius 3 is 2.50 bits per heavy atom. The van der Waals surface area contributed by atoms with Gasteiger partial charge in [0.25, 0.3) is 5.91 Å². The smallest absolute Gasteiger partial charge is 0.256 e. The maximum Gasteiger partial charge on any atom is 0.256 e. The van der Waals surface area contributed by atoms with Gasteiger partial charge < -0.3 is 14.8 Å². The number of hydrogen-bond donors (Lipinski definition) is 1. The number of benzene rings is 3. The summed E-state index contributed by atoms with van der Waals surface area (Å²) in [5.74, 6) is 0.572. The number of nitriles is 1. The number of amides is 1. The number of nitrogens with zero attached hydrogens (tertiary/aromatic N) is 1. The average Bonchev–Trinajstić information content (AvgIpc) is 2.71. The third kappa shape index (κ3) is 4.58. The van der Waals surface area contributed by atoms with Crippen molar-refractivity contribution in [2.75, 3.05) is 12.4 Å². The lowest BCUT2D eigenvalue weighted by Crippen LogP contribution is -2.13. The molecule has 0 spiro atoms. The minimum atomic E-state index is -0.467. The number of carbonyl (C=O) groups excluding carboxylic acids is 1. The number of anilines is 1. The van der Waals surface area contributed by atoms with Crippen LogP contribution in [0.4, 0.5) is 10.1 Å². The van der Waals surface area contributed by atoms with Crippen LogP contribution in [0.2, 0.25) is 0 Å². The van der Waals surface area contributed by atoms with E-state index < -0.39 is 11.7 Å². The number of hydrogen-bond acceptors (Lipinski definition) is 4. The topological polar surface area (TPSA) is 71.3 Å². The van der Waals surface area contributed by atoms with Gasteiger partial charge in [0, 0.05) is 15.3 Å². The first-order valence-corrected chi connectivity index (χ1v) is 9.20. The summed E-state index contributed by atoms with van der Waals surface area (Å²) in [7, 11) is 1.50. The molecule has 0 aliphatic carbocycles. The van der Waals surface area contributed by atoms with Gasteiger partial charge in [0.05, 0.1) is 24.3 Å². The van der Waals surface area contributed by atoms with E-state index in [1.165, 1.54) is 19.2 Å². The van der Waals surface area contributed by atoms with Crippen LogP contribution in [0.5, 0.6) is 17.2 Å². The molecule has 0 aliphatic rings. The van der Waals surface area contributed by atoms with Crippen LogP contribution < -0.4 is 14.8 Å². The van der Waals surface area contributed by atoms with Crippen molar-refractivity contribution in [3.8, 4) is 23.3 Å². The van der Waals surface area contributed by atoms with Gasteiger partial charge in [-0.05, 0) is 77.2 Å². The first-order chi connectivity index (χ1) is 13.5. The second-order valence-electron chi connectivity index (χ2n) is 5.68. The van der Waals surface area contributed by atoms with Crippen LogP contribution in [0.1, 0.15) is 15.9 Å². The summed E-state index contributed by atoms with van der Waals surface area (Å²) in [6.45, 7) is 0. The van der Waals surface area contributed by atoms with Crippen LogP contribution in [-0.4, -0.2) is 13.0 Å². The third-order valence-corrected chi connectivity index (χ3v) is 4.75. The van der Waals surface area contributed by atoms with E-state index in [1.54, 1.807) is 48.5 Å². The standard InChI is InChI=1S/C21H14FIN2O3/c1-27-20-10-13(12-24)2-9-19(20)28-16-6-4-15(5-7-16)25-21(26)17-11-14(22)3-8-18(17)23/h2-11H,1H3,(H,25,26). The Balaban J connectivity index is 1.73. The van der Waals surface area contributed by atoms with Gasteiger partial charge in [-0.1, -0.05) is 0 Å². The van der Waals surface area contributed by atoms with E-state index in [4.69, 9.17) is 14.7 Å². The molecule has 0 unspecified atom stereocenters. The molecule has 0 atom stereocenters. The lowest BCUT2D eigenvalue weighted by atomic mass is 10.2. The van der Waals surface area contributed by atoms with Gasteiger partial charge >= 0.3 is 0 Å². The summed E-state index contributed by atoms with van der Waals surface area (Å²) < 4.78 is 25.1. The summed E-state index contributed by atoms with van der Waals surface area (Å²) in [5, 5.41) is 11.7. The normalized spacial score (nSPS) is 10.1. The minimum absolute atomic E-state index is 0.267. The van der Waals surface area contributed by atoms with Crippen LogP contribution in [0, 0.1) is 20.7 Å². The molecule has 5 nitrogen and oxygen atoms in total. The van der Waals surface area contributed by atoms with Gasteiger partial charge in [0.2, 0.25) is 0 Å². The highest BCUT2D eigenvalue weighted by atomic mass is 127. The van der Waals surface area contributed by atoms with Crippen LogP contribution in [0.25, 0.3) is 0 Å². The van der Waals surface area contributed by atoms with E-state index in [-0.39, 0.29) is 5.56 Å². The third-order valence-electron chi connectivity index (χ3n) is 3.81. The molecule has 1 amide bonds. The van der Waals surface area contributed by atoms with Gasteiger partial charge in [0.1, 0.15) is 11.6 Å². The maximum atomic E-state index is 13.4. The zero-order chi connectivity index (χ0) is 20.1. The number of methoxy groups -OCH3 is 1. The second-order valence-corrected chi connectivity index (χ2v) is 6.84. The molecule has 1 N–H and O–H groups in total. The predicted octanol–water partition coefficient (Wildman–Crippen LogP) is 5.36. The summed E-state index contributed by atoms with van der Waals surface area (Å²) in [4.78, 5) is 12.4. The van der Waals surface area contributed by atoms with E-state index >= 15 is 0 Å². The Hall–Kier alpha value is -3.12. The van der Waals surface area contributed by atoms with E-state index in [1.807, 2.05) is 28.7 Å². The monoisotopic (exact) mass is 488 g/mol. The highest BCUT2D eigenvalue weighted by Crippen LogP contribution is 2.32. The van der Waals surface area contributed by atoms with Crippen molar-refractivity contribution in [3.05, 3.63) is 81.2 Å². The van der Waals surface area contributed by atoms with Gasteiger partial charge in [-0.25, -0.2) is 4.39 Å². The molecule has 3 aromatic carbocycles. The molecule has 0 fully saturated rings. The fourth-order valence-electron chi connectivity index (χ4n) is 2.42. The zero-order valence-corrected chi connectivity index (χ0v) is 16.9. The molecule has 0 saturated heterocycles. The molecule has 140 valence electrons. The number of halogens is 2. The molecule has 0 aromatic heterocycles. The highest BCUT2D eigenvalue weighted by molar-refractivity contribution is 14.1. The summed E-state index contributed by atoms with van der Waals surface area (Å²) >= 11 is 1.98. The Kier molecular flexibility index (Phi) is 6.11. The van der Waals surface area contributed by atoms with Crippen molar-refractivity contribution in [3.63, 3.8) is 0 Å². The van der Waals surface area contributed by atoms with Gasteiger partial charge in [-0.15, -0.1) is 0 Å². The molecule has 3 aromatic rings. The van der Waals surface area contributed by atoms with Crippen molar-refractivity contribution >= 4 is 34.2 Å². The van der Waals surface area contributed by atoms with Crippen molar-refractivity contribution in [1.82, 2.24) is 0 Å². The van der Waals surface area contributed by atoms with E-state index in [9.17, 15) is 9.18 Å². The minimum Gasteiger partial charge on any atom is -0.493 e. The first kappa shape index (κ1) is 19.6. The Bertz CT molecular complexity index is 1060. The van der Waals surface area contributed by atoms with Crippen LogP contribution in [-0.2, 0) is 0 Å². The Labute approximate surface area is 174 Å². The SMILES string of the molecule is COc1cc(C#N)ccc1Oc1ccc(NC(=O)c2cc(F)ccc2I)cc1. The average molecular weight is 488 g/mol. The largest absolute Gasteiger partial charge is 0.493 e. The van der Waals surface area contributed by atoms with Crippen molar-refractivity contribution in [2.45, 2.75) is 0 Å². The van der Waals surface area contributed by atoms with E-state index in [2.05, 4.69) is 5.32 Å². The summed E-state index contributed by atoms with van der Waals surface area (Å²) in [5.41, 5.74) is 1.28. The van der Waals surface area contributed by atoms with Crippen molar-refractivity contribution in [1.29, 1.82) is 5.26 Å². The molecule has 0 radical (unpaired) electrons. The van der Waals surface area contributed by atoms with E-state index in [0.29, 0.717) is 32.1 Å². The Morgan fingerprint density at radius 2 is 1.82 bits per heavy atom. The molecular weight excluding hydrogens is 474 g/mol. The van der Waals surface area contributed by atoms with Gasteiger partial charge in [0.15, 0.2) is 11.5 Å². The fraction of sp³-hybridized carbons (Fsp3) is 0.0476. The van der Waals surface area contributed by atoms with Gasteiger partial charge in [-0.3, -0.25) is 4.79 Å². The number of ether oxygens (including phenoxy) is 2. The second kappa shape index (κ2) is 8.71. The Morgan fingerprint density at radius 1 is 1.07 bits per heavy atom. The van der Waals surface area contributed by atoms with Crippen molar-refractivity contribution in [2.24, 2.45) is 0 Å². The number of carbonyl (C=O) groups is 1. The summed E-state index contributed by atoms with van der Waals surface area (Å²) in [6.07, 6.45) is 0. The predicted molar refractivity (Wildman–Crippen MR) is 111 cm³/mol. The molecule has 0 saturated carbocycles. The number of nitrogens with one attached hydrogen (secondary N) is 1. The molecule has 3 rings (SSSR count).